The Morgan fingerprint density at radius 2 is 1.91 bits per heavy atom. The molecule has 1 aromatic carbocycles. The van der Waals surface area contributed by atoms with Crippen LogP contribution in [0.25, 0.3) is 10.8 Å². The van der Waals surface area contributed by atoms with E-state index in [1.165, 1.54) is 4.68 Å². The van der Waals surface area contributed by atoms with Crippen molar-refractivity contribution in [3.8, 4) is 0 Å². The van der Waals surface area contributed by atoms with E-state index >= 15 is 0 Å². The van der Waals surface area contributed by atoms with Gasteiger partial charge in [-0.05, 0) is 12.5 Å². The van der Waals surface area contributed by atoms with Crippen LogP contribution in [-0.2, 0) is 11.3 Å². The summed E-state index contributed by atoms with van der Waals surface area (Å²) in [5, 5.41) is 15.9. The van der Waals surface area contributed by atoms with Crippen LogP contribution in [0, 0.1) is 0 Å². The van der Waals surface area contributed by atoms with Gasteiger partial charge in [0.25, 0.3) is 11.5 Å². The molecule has 7 heteroatoms. The Balaban J connectivity index is 2.45. The van der Waals surface area contributed by atoms with Crippen LogP contribution < -0.4 is 10.9 Å². The monoisotopic (exact) mass is 317 g/mol. The number of amides is 1. The maximum absolute atomic E-state index is 12.4. The van der Waals surface area contributed by atoms with Crippen molar-refractivity contribution in [2.24, 2.45) is 0 Å². The van der Waals surface area contributed by atoms with Crippen molar-refractivity contribution in [3.63, 3.8) is 0 Å². The lowest BCUT2D eigenvalue weighted by Crippen LogP contribution is -2.33. The van der Waals surface area contributed by atoms with Crippen LogP contribution in [0.5, 0.6) is 0 Å². The molecule has 0 aliphatic rings. The van der Waals surface area contributed by atoms with E-state index in [0.717, 1.165) is 19.3 Å². The normalized spacial score (nSPS) is 10.7. The minimum absolute atomic E-state index is 0.0675. The van der Waals surface area contributed by atoms with Gasteiger partial charge in [0.2, 0.25) is 0 Å². The predicted molar refractivity (Wildman–Crippen MR) is 85.5 cm³/mol. The molecule has 0 saturated heterocycles. The minimum atomic E-state index is -1.14. The smallest absolute Gasteiger partial charge is 0.322 e. The molecule has 2 aromatic rings. The molecule has 7 nitrogen and oxygen atoms in total. The summed E-state index contributed by atoms with van der Waals surface area (Å²) in [4.78, 5) is 35.2. The first-order valence-electron chi connectivity index (χ1n) is 7.54. The molecule has 0 fully saturated rings. The maximum Gasteiger partial charge on any atom is 0.322 e. The van der Waals surface area contributed by atoms with Gasteiger partial charge in [-0.25, -0.2) is 4.68 Å². The fourth-order valence-corrected chi connectivity index (χ4v) is 2.31. The lowest BCUT2D eigenvalue weighted by atomic mass is 10.1. The van der Waals surface area contributed by atoms with E-state index in [1.54, 1.807) is 24.3 Å². The van der Waals surface area contributed by atoms with Gasteiger partial charge in [0, 0.05) is 11.9 Å². The molecule has 0 unspecified atom stereocenters. The maximum atomic E-state index is 12.4. The Bertz CT molecular complexity index is 782. The number of carboxylic acids is 1. The summed E-state index contributed by atoms with van der Waals surface area (Å²) in [6.07, 6.45) is 2.76. The number of nitrogens with zero attached hydrogens (tertiary/aromatic N) is 2. The van der Waals surface area contributed by atoms with Gasteiger partial charge in [0.05, 0.1) is 5.39 Å². The van der Waals surface area contributed by atoms with Gasteiger partial charge in [0.1, 0.15) is 6.54 Å². The molecule has 1 aromatic heterocycles. The third kappa shape index (κ3) is 3.94. The molecule has 122 valence electrons. The van der Waals surface area contributed by atoms with E-state index in [-0.39, 0.29) is 11.3 Å². The van der Waals surface area contributed by atoms with Gasteiger partial charge in [-0.2, -0.15) is 5.10 Å². The standard InChI is InChI=1S/C16H19N3O4/c1-2-3-6-9-19-16(23)12-8-5-4-7-11(12)14(18-19)15(22)17-10-13(20)21/h4-5,7-8H,2-3,6,9-10H2,1H3,(H,17,22)(H,20,21). The Labute approximate surface area is 132 Å². The topological polar surface area (TPSA) is 101 Å². The second-order valence-electron chi connectivity index (χ2n) is 5.21. The second-order valence-corrected chi connectivity index (χ2v) is 5.21. The van der Waals surface area contributed by atoms with Gasteiger partial charge in [-0.15, -0.1) is 0 Å². The zero-order valence-electron chi connectivity index (χ0n) is 12.9. The van der Waals surface area contributed by atoms with Crippen molar-refractivity contribution in [2.75, 3.05) is 6.54 Å². The van der Waals surface area contributed by atoms with Gasteiger partial charge in [-0.3, -0.25) is 14.4 Å². The van der Waals surface area contributed by atoms with E-state index in [9.17, 15) is 14.4 Å². The molecule has 0 radical (unpaired) electrons. The predicted octanol–water partition coefficient (Wildman–Crippen LogP) is 1.40. The number of rotatable bonds is 7. The largest absolute Gasteiger partial charge is 0.480 e. The fraction of sp³-hybridized carbons (Fsp3) is 0.375. The number of carboxylic acid groups (broad SMARTS) is 1. The molecule has 2 N–H and O–H groups in total. The van der Waals surface area contributed by atoms with Crippen LogP contribution in [0.15, 0.2) is 29.1 Å². The number of aryl methyl sites for hydroxylation is 1. The van der Waals surface area contributed by atoms with E-state index < -0.39 is 18.4 Å². The highest BCUT2D eigenvalue weighted by molar-refractivity contribution is 6.05. The molecular weight excluding hydrogens is 298 g/mol. The first-order chi connectivity index (χ1) is 11.0. The molecule has 0 saturated carbocycles. The van der Waals surface area contributed by atoms with Crippen LogP contribution in [0.1, 0.15) is 36.7 Å². The summed E-state index contributed by atoms with van der Waals surface area (Å²) in [7, 11) is 0. The van der Waals surface area contributed by atoms with Crippen LogP contribution in [0.3, 0.4) is 0 Å². The second kappa shape index (κ2) is 7.53. The van der Waals surface area contributed by atoms with E-state index in [0.29, 0.717) is 17.3 Å². The average molecular weight is 317 g/mol. The zero-order chi connectivity index (χ0) is 16.8. The molecule has 1 amide bonds. The SMILES string of the molecule is CCCCCn1nc(C(=O)NCC(=O)O)c2ccccc2c1=O. The molecule has 23 heavy (non-hydrogen) atoms. The number of aliphatic carboxylic acids is 1. The Kier molecular flexibility index (Phi) is 5.46. The first-order valence-corrected chi connectivity index (χ1v) is 7.54. The average Bonchev–Trinajstić information content (AvgIpc) is 2.55. The lowest BCUT2D eigenvalue weighted by molar-refractivity contribution is -0.135. The van der Waals surface area contributed by atoms with E-state index in [1.807, 2.05) is 0 Å². The number of nitrogens with one attached hydrogen (secondary N) is 1. The highest BCUT2D eigenvalue weighted by Gasteiger charge is 2.16. The lowest BCUT2D eigenvalue weighted by Gasteiger charge is -2.10. The number of hydrogen-bond acceptors (Lipinski definition) is 4. The summed E-state index contributed by atoms with van der Waals surface area (Å²) in [6.45, 7) is 1.99. The number of benzene rings is 1. The third-order valence-electron chi connectivity index (χ3n) is 3.46. The van der Waals surface area contributed by atoms with Crippen molar-refractivity contribution in [2.45, 2.75) is 32.7 Å². The van der Waals surface area contributed by atoms with Crippen LogP contribution >= 0.6 is 0 Å². The molecule has 0 spiro atoms. The molecule has 0 bridgehead atoms. The number of fused-ring (bicyclic) bond motifs is 1. The number of carbonyl (C=O) groups is 2. The summed E-state index contributed by atoms with van der Waals surface area (Å²) in [6, 6.07) is 6.71. The number of unbranched alkanes of at least 4 members (excludes halogenated alkanes) is 2. The highest BCUT2D eigenvalue weighted by atomic mass is 16.4. The Hall–Kier alpha value is -2.70. The van der Waals surface area contributed by atoms with E-state index in [2.05, 4.69) is 17.3 Å². The summed E-state index contributed by atoms with van der Waals surface area (Å²) >= 11 is 0. The number of aromatic nitrogens is 2. The summed E-state index contributed by atoms with van der Waals surface area (Å²) in [5.41, 5.74) is -0.176. The van der Waals surface area contributed by atoms with Crippen molar-refractivity contribution in [1.29, 1.82) is 0 Å². The summed E-state index contributed by atoms with van der Waals surface area (Å²) in [5.74, 6) is -1.74. The number of carbonyl (C=O) groups excluding carboxylic acids is 1. The Morgan fingerprint density at radius 1 is 1.22 bits per heavy atom. The van der Waals surface area contributed by atoms with Crippen molar-refractivity contribution in [1.82, 2.24) is 15.1 Å². The van der Waals surface area contributed by atoms with E-state index in [4.69, 9.17) is 5.11 Å². The van der Waals surface area contributed by atoms with Gasteiger partial charge >= 0.3 is 5.97 Å². The molecule has 0 aliphatic carbocycles. The quantitative estimate of drug-likeness (QED) is 0.752. The molecular formula is C16H19N3O4. The Morgan fingerprint density at radius 3 is 2.57 bits per heavy atom. The van der Waals surface area contributed by atoms with Crippen LogP contribution in [0.4, 0.5) is 0 Å². The molecule has 2 rings (SSSR count). The van der Waals surface area contributed by atoms with Gasteiger partial charge < -0.3 is 10.4 Å². The van der Waals surface area contributed by atoms with Gasteiger partial charge in [0.15, 0.2) is 5.69 Å². The highest BCUT2D eigenvalue weighted by Crippen LogP contribution is 2.13. The summed E-state index contributed by atoms with van der Waals surface area (Å²) < 4.78 is 1.29. The fourth-order valence-electron chi connectivity index (χ4n) is 2.31. The zero-order valence-corrected chi connectivity index (χ0v) is 12.9. The van der Waals surface area contributed by atoms with Crippen LogP contribution in [0.2, 0.25) is 0 Å². The van der Waals surface area contributed by atoms with Gasteiger partial charge in [-0.1, -0.05) is 38.0 Å². The van der Waals surface area contributed by atoms with Crippen molar-refractivity contribution >= 4 is 22.6 Å². The molecule has 0 aliphatic heterocycles. The third-order valence-corrected chi connectivity index (χ3v) is 3.46. The minimum Gasteiger partial charge on any atom is -0.480 e. The molecule has 1 heterocycles. The van der Waals surface area contributed by atoms with Crippen LogP contribution in [-0.4, -0.2) is 33.3 Å². The van der Waals surface area contributed by atoms with Crippen molar-refractivity contribution in [3.05, 3.63) is 40.3 Å². The first kappa shape index (κ1) is 16.7. The van der Waals surface area contributed by atoms with Crippen molar-refractivity contribution < 1.29 is 14.7 Å². The number of hydrogen-bond donors (Lipinski definition) is 2. The molecule has 0 atom stereocenters.